The van der Waals surface area contributed by atoms with E-state index >= 15 is 0 Å². The molecule has 11 aromatic rings. The highest BCUT2D eigenvalue weighted by atomic mass is 16.8. The maximum Gasteiger partial charge on any atom is 0.229 e. The van der Waals surface area contributed by atoms with Crippen LogP contribution in [0, 0.1) is 0 Å². The lowest BCUT2D eigenvalue weighted by molar-refractivity contribution is -0.396. The summed E-state index contributed by atoms with van der Waals surface area (Å²) in [7, 11) is 1.62. The van der Waals surface area contributed by atoms with Crippen molar-refractivity contribution in [1.82, 2.24) is 0 Å². The number of ether oxygens (including phenoxy) is 17. The molecule has 3 saturated heterocycles. The van der Waals surface area contributed by atoms with Gasteiger partial charge in [-0.15, -0.1) is 0 Å². The van der Waals surface area contributed by atoms with Crippen LogP contribution in [0.2, 0.25) is 0 Å². The average molecular weight is 1510 g/mol. The van der Waals surface area contributed by atoms with Crippen molar-refractivity contribution in [3.05, 3.63) is 383 Å². The number of benzene rings is 11. The molecule has 0 radical (unpaired) electrons. The molecule has 0 unspecified atom stereocenters. The molecule has 0 aromatic heterocycles. The Morgan fingerprint density at radius 3 is 0.705 bits per heavy atom. The van der Waals surface area contributed by atoms with Gasteiger partial charge in [0.15, 0.2) is 18.7 Å². The maximum atomic E-state index is 8.07. The van der Waals surface area contributed by atoms with E-state index in [0.717, 1.165) is 55.6 Å². The van der Waals surface area contributed by atoms with Gasteiger partial charge >= 0.3 is 0 Å². The van der Waals surface area contributed by atoms with Crippen LogP contribution < -0.4 is 9.47 Å². The van der Waals surface area contributed by atoms with Crippen LogP contribution in [-0.2, 0) is 137 Å². The molecule has 0 N–H and O–H groups in total. The Morgan fingerprint density at radius 2 is 0.420 bits per heavy atom. The first-order valence-electron chi connectivity index (χ1n) is 38.5. The number of methoxy groups -OCH3 is 1. The van der Waals surface area contributed by atoms with Crippen molar-refractivity contribution < 1.29 is 80.5 Å². The number of hydrogen-bond acceptors (Lipinski definition) is 17. The molecule has 3 aliphatic heterocycles. The Labute approximate surface area is 656 Å². The standard InChI is InChI=1S/C95H98O17/c1-96-79-52-54-80(55-53-79)107-95-92(88(104-63-76-46-26-9-27-47-76)85(101-60-73-40-20-6-21-41-73)82(110-95)67-98-57-70-34-14-3-15-35-70)112-94-91(106-65-78-50-30-11-31-51-78)89(86(102-61-74-42-22-7-23-43-74)83(109-94)68-99-58-71-36-16-4-17-37-71)111-93-90(105-64-77-48-28-10-29-49-77)87(103-62-75-44-24-8-25-45-75)84(100-59-72-38-18-5-19-39-72)81(108-93)66-97-56-69-32-12-2-13-33-69/h2-55,81-95H,56-68H2,1H3/t81-,82-,83-,84-,85-,86-,87+,88+,89+,90+,91+,92+,93-,94-,95+/m1/s1. The minimum atomic E-state index is -1.40. The smallest absolute Gasteiger partial charge is 0.229 e. The zero-order chi connectivity index (χ0) is 76.0. The SMILES string of the molecule is COc1ccc(O[C@H]2O[C@H](COCc3ccccc3)[C@@H](OCc3ccccc3)[C@H](OCc3ccccc3)[C@@H]2O[C@H]2O[C@H](COCc3ccccc3)[C@@H](OCc3ccccc3)[C@H](O[C@H]3O[C@H](COCc4ccccc4)[C@@H](OCc4ccccc4)[C@H](OCc4ccccc4)[C@@H]3OCc3ccccc3)[C@@H]2OCc2ccccc2)cc1. The fraction of sp³-hybridized carbons (Fsp3) is 0.305. The molecule has 580 valence electrons. The van der Waals surface area contributed by atoms with Crippen LogP contribution in [-0.4, -0.2) is 119 Å². The second-order valence-corrected chi connectivity index (χ2v) is 28.0. The summed E-state index contributed by atoms with van der Waals surface area (Å²) < 4.78 is 124. The van der Waals surface area contributed by atoms with E-state index in [-0.39, 0.29) is 85.9 Å². The van der Waals surface area contributed by atoms with Gasteiger partial charge in [-0.2, -0.15) is 0 Å². The highest BCUT2D eigenvalue weighted by Gasteiger charge is 2.58. The lowest BCUT2D eigenvalue weighted by Gasteiger charge is -2.52. The van der Waals surface area contributed by atoms with E-state index in [0.29, 0.717) is 11.5 Å². The van der Waals surface area contributed by atoms with Crippen LogP contribution in [0.25, 0.3) is 0 Å². The molecule has 15 atom stereocenters. The molecule has 14 rings (SSSR count). The zero-order valence-corrected chi connectivity index (χ0v) is 63.0. The second-order valence-electron chi connectivity index (χ2n) is 28.0. The zero-order valence-electron chi connectivity index (χ0n) is 63.0. The van der Waals surface area contributed by atoms with Crippen molar-refractivity contribution in [2.75, 3.05) is 26.9 Å². The van der Waals surface area contributed by atoms with E-state index in [9.17, 15) is 0 Å². The molecular weight excluding hydrogens is 1410 g/mol. The van der Waals surface area contributed by atoms with Crippen molar-refractivity contribution >= 4 is 0 Å². The Kier molecular flexibility index (Phi) is 29.9. The van der Waals surface area contributed by atoms with E-state index in [4.69, 9.17) is 80.5 Å². The number of rotatable bonds is 40. The van der Waals surface area contributed by atoms with Gasteiger partial charge in [0.05, 0.1) is 93.0 Å². The third kappa shape index (κ3) is 23.1. The molecule has 3 fully saturated rings. The number of hydrogen-bond donors (Lipinski definition) is 0. The largest absolute Gasteiger partial charge is 0.497 e. The fourth-order valence-electron chi connectivity index (χ4n) is 14.1. The lowest BCUT2D eigenvalue weighted by Crippen LogP contribution is -2.68. The molecule has 0 amide bonds. The van der Waals surface area contributed by atoms with Crippen LogP contribution in [0.5, 0.6) is 11.5 Å². The highest BCUT2D eigenvalue weighted by Crippen LogP contribution is 2.41. The van der Waals surface area contributed by atoms with Gasteiger partial charge in [0, 0.05) is 0 Å². The van der Waals surface area contributed by atoms with Crippen LogP contribution in [0.4, 0.5) is 0 Å². The van der Waals surface area contributed by atoms with Gasteiger partial charge in [-0.3, -0.25) is 0 Å². The Bertz CT molecular complexity index is 4380. The van der Waals surface area contributed by atoms with Crippen molar-refractivity contribution in [3.63, 3.8) is 0 Å². The molecule has 17 nitrogen and oxygen atoms in total. The van der Waals surface area contributed by atoms with E-state index in [1.165, 1.54) is 0 Å². The highest BCUT2D eigenvalue weighted by molar-refractivity contribution is 5.32. The maximum absolute atomic E-state index is 8.07. The van der Waals surface area contributed by atoms with E-state index in [1.54, 1.807) is 7.11 Å². The van der Waals surface area contributed by atoms with Crippen LogP contribution in [0.15, 0.2) is 328 Å². The summed E-state index contributed by atoms with van der Waals surface area (Å²) in [4.78, 5) is 0. The van der Waals surface area contributed by atoms with Crippen LogP contribution in [0.3, 0.4) is 0 Å². The summed E-state index contributed by atoms with van der Waals surface area (Å²) in [5, 5.41) is 0. The van der Waals surface area contributed by atoms with Gasteiger partial charge in [0.25, 0.3) is 0 Å². The molecule has 0 saturated carbocycles. The molecule has 0 bridgehead atoms. The molecule has 0 aliphatic carbocycles. The normalized spacial score (nSPS) is 23.7. The first kappa shape index (κ1) is 79.1. The predicted octanol–water partition coefficient (Wildman–Crippen LogP) is 16.8. The summed E-state index contributed by atoms with van der Waals surface area (Å²) in [5.41, 5.74) is 9.28. The topological polar surface area (TPSA) is 157 Å². The van der Waals surface area contributed by atoms with E-state index < -0.39 is 92.1 Å². The summed E-state index contributed by atoms with van der Waals surface area (Å²) >= 11 is 0. The minimum absolute atomic E-state index is 0.0301. The molecule has 112 heavy (non-hydrogen) atoms. The van der Waals surface area contributed by atoms with Gasteiger partial charge in [0.2, 0.25) is 6.29 Å². The molecule has 0 spiro atoms. The first-order chi connectivity index (χ1) is 55.5. The van der Waals surface area contributed by atoms with Gasteiger partial charge in [-0.05, 0) is 79.9 Å². The van der Waals surface area contributed by atoms with E-state index in [1.807, 2.05) is 328 Å². The lowest BCUT2D eigenvalue weighted by atomic mass is 9.95. The molecule has 11 aromatic carbocycles. The fourth-order valence-corrected chi connectivity index (χ4v) is 14.1. The van der Waals surface area contributed by atoms with Gasteiger partial charge < -0.3 is 80.5 Å². The van der Waals surface area contributed by atoms with Crippen molar-refractivity contribution in [3.8, 4) is 11.5 Å². The second kappa shape index (κ2) is 42.3. The monoisotopic (exact) mass is 1510 g/mol. The quantitative estimate of drug-likeness (QED) is 0.0357. The summed E-state index contributed by atoms with van der Waals surface area (Å²) in [5.74, 6) is 1.08. The molecule has 3 heterocycles. The Hall–Kier alpha value is -9.58. The minimum Gasteiger partial charge on any atom is -0.497 e. The molecular formula is C95H98O17. The first-order valence-corrected chi connectivity index (χ1v) is 38.5. The Balaban J connectivity index is 0.922. The average Bonchev–Trinajstić information content (AvgIpc) is 0.755. The molecule has 3 aliphatic rings. The van der Waals surface area contributed by atoms with Crippen molar-refractivity contribution in [2.45, 2.75) is 158 Å². The predicted molar refractivity (Wildman–Crippen MR) is 423 cm³/mol. The van der Waals surface area contributed by atoms with E-state index in [2.05, 4.69) is 0 Å². The van der Waals surface area contributed by atoms with Gasteiger partial charge in [-0.25, -0.2) is 0 Å². The van der Waals surface area contributed by atoms with Crippen LogP contribution >= 0.6 is 0 Å². The molecule has 17 heteroatoms. The van der Waals surface area contributed by atoms with Gasteiger partial charge in [-0.1, -0.05) is 303 Å². The third-order valence-corrected chi connectivity index (χ3v) is 19.8. The Morgan fingerprint density at radius 1 is 0.205 bits per heavy atom. The third-order valence-electron chi connectivity index (χ3n) is 19.8. The van der Waals surface area contributed by atoms with Crippen molar-refractivity contribution in [1.29, 1.82) is 0 Å². The summed E-state index contributed by atoms with van der Waals surface area (Å²) in [6.07, 6.45) is -15.9. The summed E-state index contributed by atoms with van der Waals surface area (Å²) in [6, 6.07) is 107. The van der Waals surface area contributed by atoms with Crippen molar-refractivity contribution in [2.24, 2.45) is 0 Å². The summed E-state index contributed by atoms with van der Waals surface area (Å²) in [6.45, 7) is 1.87. The van der Waals surface area contributed by atoms with Gasteiger partial charge in [0.1, 0.15) is 78.6 Å². The van der Waals surface area contributed by atoms with Crippen LogP contribution in [0.1, 0.15) is 55.6 Å².